The van der Waals surface area contributed by atoms with Crippen molar-refractivity contribution in [3.05, 3.63) is 23.8 Å². The molecular weight excluding hydrogens is 244 g/mol. The van der Waals surface area contributed by atoms with Crippen LogP contribution in [0.2, 0.25) is 0 Å². The highest BCUT2D eigenvalue weighted by Gasteiger charge is 2.12. The van der Waals surface area contributed by atoms with Gasteiger partial charge in [-0.25, -0.2) is 4.99 Å². The molecule has 1 aliphatic rings. The monoisotopic (exact) mass is 262 g/mol. The zero-order chi connectivity index (χ0) is 13.7. The van der Waals surface area contributed by atoms with Gasteiger partial charge >= 0.3 is 0 Å². The van der Waals surface area contributed by atoms with Crippen LogP contribution >= 0.6 is 0 Å². The minimum atomic E-state index is -0.224. The van der Waals surface area contributed by atoms with E-state index in [0.29, 0.717) is 17.1 Å². The fourth-order valence-electron chi connectivity index (χ4n) is 2.00. The molecule has 1 saturated heterocycles. The Balaban J connectivity index is 2.19. The SMILES string of the molecule is COc1ccc(C(=O)N=C2CCNCC2)cc1OC. The molecule has 1 heterocycles. The Labute approximate surface area is 112 Å². The van der Waals surface area contributed by atoms with Gasteiger partial charge in [0.05, 0.1) is 14.2 Å². The molecule has 0 aromatic heterocycles. The molecule has 2 rings (SSSR count). The van der Waals surface area contributed by atoms with Crippen molar-refractivity contribution in [1.29, 1.82) is 0 Å². The lowest BCUT2D eigenvalue weighted by Gasteiger charge is -2.13. The van der Waals surface area contributed by atoms with Crippen molar-refractivity contribution in [3.8, 4) is 11.5 Å². The van der Waals surface area contributed by atoms with Gasteiger partial charge in [-0.05, 0) is 31.0 Å². The smallest absolute Gasteiger partial charge is 0.277 e. The van der Waals surface area contributed by atoms with Crippen molar-refractivity contribution in [2.24, 2.45) is 4.99 Å². The van der Waals surface area contributed by atoms with Crippen LogP contribution in [0.4, 0.5) is 0 Å². The third-order valence-corrected chi connectivity index (χ3v) is 3.07. The average molecular weight is 262 g/mol. The summed E-state index contributed by atoms with van der Waals surface area (Å²) in [4.78, 5) is 16.3. The van der Waals surface area contributed by atoms with E-state index in [4.69, 9.17) is 9.47 Å². The second kappa shape index (κ2) is 6.33. The molecule has 1 fully saturated rings. The van der Waals surface area contributed by atoms with E-state index >= 15 is 0 Å². The van der Waals surface area contributed by atoms with Gasteiger partial charge < -0.3 is 14.8 Å². The highest BCUT2D eigenvalue weighted by Crippen LogP contribution is 2.27. The number of carbonyl (C=O) groups is 1. The Morgan fingerprint density at radius 1 is 1.16 bits per heavy atom. The molecule has 1 N–H and O–H groups in total. The van der Waals surface area contributed by atoms with Crippen molar-refractivity contribution in [2.45, 2.75) is 12.8 Å². The Morgan fingerprint density at radius 2 is 1.84 bits per heavy atom. The molecule has 0 bridgehead atoms. The van der Waals surface area contributed by atoms with Crippen LogP contribution in [0.3, 0.4) is 0 Å². The van der Waals surface area contributed by atoms with Crippen LogP contribution in [0, 0.1) is 0 Å². The number of carbonyl (C=O) groups excluding carboxylic acids is 1. The van der Waals surface area contributed by atoms with Crippen LogP contribution in [-0.4, -0.2) is 38.9 Å². The van der Waals surface area contributed by atoms with Crippen molar-refractivity contribution in [3.63, 3.8) is 0 Å². The highest BCUT2D eigenvalue weighted by atomic mass is 16.5. The van der Waals surface area contributed by atoms with E-state index in [9.17, 15) is 4.79 Å². The summed E-state index contributed by atoms with van der Waals surface area (Å²) < 4.78 is 10.3. The topological polar surface area (TPSA) is 59.9 Å². The maximum atomic E-state index is 12.1. The molecule has 19 heavy (non-hydrogen) atoms. The summed E-state index contributed by atoms with van der Waals surface area (Å²) in [6, 6.07) is 5.08. The second-order valence-corrected chi connectivity index (χ2v) is 4.30. The molecule has 102 valence electrons. The summed E-state index contributed by atoms with van der Waals surface area (Å²) >= 11 is 0. The molecule has 0 saturated carbocycles. The number of amides is 1. The van der Waals surface area contributed by atoms with Crippen molar-refractivity contribution in [1.82, 2.24) is 5.32 Å². The normalized spacial score (nSPS) is 14.9. The van der Waals surface area contributed by atoms with Gasteiger partial charge in [-0.1, -0.05) is 0 Å². The number of nitrogens with one attached hydrogen (secondary N) is 1. The molecule has 5 nitrogen and oxygen atoms in total. The van der Waals surface area contributed by atoms with Crippen LogP contribution in [0.25, 0.3) is 0 Å². The zero-order valence-corrected chi connectivity index (χ0v) is 11.2. The van der Waals surface area contributed by atoms with Crippen molar-refractivity contribution >= 4 is 11.6 Å². The molecule has 0 spiro atoms. The first-order chi connectivity index (χ1) is 9.24. The summed E-state index contributed by atoms with van der Waals surface area (Å²) in [5.74, 6) is 0.922. The van der Waals surface area contributed by atoms with Gasteiger partial charge in [-0.15, -0.1) is 0 Å². The predicted molar refractivity (Wildman–Crippen MR) is 73.4 cm³/mol. The van der Waals surface area contributed by atoms with E-state index in [0.717, 1.165) is 31.6 Å². The summed E-state index contributed by atoms with van der Waals surface area (Å²) in [5, 5.41) is 3.23. The van der Waals surface area contributed by atoms with Crippen LogP contribution in [0.15, 0.2) is 23.2 Å². The lowest BCUT2D eigenvalue weighted by atomic mass is 10.1. The largest absolute Gasteiger partial charge is 0.493 e. The lowest BCUT2D eigenvalue weighted by Crippen LogP contribution is -2.28. The molecule has 1 aromatic rings. The number of ether oxygens (including phenoxy) is 2. The molecule has 0 atom stereocenters. The van der Waals surface area contributed by atoms with Gasteiger partial charge in [0.2, 0.25) is 0 Å². The minimum absolute atomic E-state index is 0.224. The predicted octanol–water partition coefficient (Wildman–Crippen LogP) is 1.67. The average Bonchev–Trinajstić information content (AvgIpc) is 2.47. The molecule has 0 aliphatic carbocycles. The number of benzene rings is 1. The van der Waals surface area contributed by atoms with E-state index < -0.39 is 0 Å². The van der Waals surface area contributed by atoms with Gasteiger partial charge in [0.1, 0.15) is 0 Å². The van der Waals surface area contributed by atoms with E-state index in [1.165, 1.54) is 0 Å². The first kappa shape index (κ1) is 13.5. The summed E-state index contributed by atoms with van der Waals surface area (Å²) in [6.07, 6.45) is 1.66. The van der Waals surface area contributed by atoms with Crippen LogP contribution in [0.1, 0.15) is 23.2 Å². The van der Waals surface area contributed by atoms with E-state index in [-0.39, 0.29) is 5.91 Å². The zero-order valence-electron chi connectivity index (χ0n) is 11.2. The van der Waals surface area contributed by atoms with Gasteiger partial charge in [0.25, 0.3) is 5.91 Å². The quantitative estimate of drug-likeness (QED) is 0.900. The fraction of sp³-hybridized carbons (Fsp3) is 0.429. The number of methoxy groups -OCH3 is 2. The second-order valence-electron chi connectivity index (χ2n) is 4.30. The maximum absolute atomic E-state index is 12.1. The van der Waals surface area contributed by atoms with E-state index in [1.807, 2.05) is 0 Å². The molecule has 1 aliphatic heterocycles. The standard InChI is InChI=1S/C14H18N2O3/c1-18-12-4-3-10(9-13(12)19-2)14(17)16-11-5-7-15-8-6-11/h3-4,9,15H,5-8H2,1-2H3. The first-order valence-corrected chi connectivity index (χ1v) is 6.28. The number of hydrogen-bond donors (Lipinski definition) is 1. The molecule has 1 amide bonds. The Morgan fingerprint density at radius 3 is 2.47 bits per heavy atom. The van der Waals surface area contributed by atoms with Gasteiger partial charge in [0.15, 0.2) is 11.5 Å². The molecule has 1 aromatic carbocycles. The third-order valence-electron chi connectivity index (χ3n) is 3.07. The van der Waals surface area contributed by atoms with Crippen molar-refractivity contribution < 1.29 is 14.3 Å². The number of piperidine rings is 1. The Hall–Kier alpha value is -1.88. The minimum Gasteiger partial charge on any atom is -0.493 e. The molecule has 5 heteroatoms. The number of aliphatic imine (C=N–C) groups is 1. The summed E-state index contributed by atoms with van der Waals surface area (Å²) in [6.45, 7) is 1.77. The van der Waals surface area contributed by atoms with Gasteiger partial charge in [0, 0.05) is 24.4 Å². The third kappa shape index (κ3) is 3.32. The Bertz CT molecular complexity index is 489. The molecule has 0 radical (unpaired) electrons. The summed E-state index contributed by atoms with van der Waals surface area (Å²) in [5.41, 5.74) is 1.47. The number of hydrogen-bond acceptors (Lipinski definition) is 4. The lowest BCUT2D eigenvalue weighted by molar-refractivity contribution is 0.100. The number of rotatable bonds is 3. The highest BCUT2D eigenvalue weighted by molar-refractivity contribution is 6.04. The van der Waals surface area contributed by atoms with Crippen LogP contribution < -0.4 is 14.8 Å². The fourth-order valence-corrected chi connectivity index (χ4v) is 2.00. The maximum Gasteiger partial charge on any atom is 0.277 e. The Kier molecular flexibility index (Phi) is 4.52. The van der Waals surface area contributed by atoms with Crippen LogP contribution in [0.5, 0.6) is 11.5 Å². The van der Waals surface area contributed by atoms with Gasteiger partial charge in [-0.3, -0.25) is 4.79 Å². The molecule has 0 unspecified atom stereocenters. The van der Waals surface area contributed by atoms with E-state index in [2.05, 4.69) is 10.3 Å². The van der Waals surface area contributed by atoms with Crippen LogP contribution in [-0.2, 0) is 0 Å². The van der Waals surface area contributed by atoms with Gasteiger partial charge in [-0.2, -0.15) is 0 Å². The number of nitrogens with zero attached hydrogens (tertiary/aromatic N) is 1. The molecular formula is C14H18N2O3. The van der Waals surface area contributed by atoms with E-state index in [1.54, 1.807) is 32.4 Å². The first-order valence-electron chi connectivity index (χ1n) is 6.28. The van der Waals surface area contributed by atoms with Crippen molar-refractivity contribution in [2.75, 3.05) is 27.3 Å². The summed E-state index contributed by atoms with van der Waals surface area (Å²) in [7, 11) is 3.11.